The van der Waals surface area contributed by atoms with E-state index in [-0.39, 0.29) is 30.2 Å². The summed E-state index contributed by atoms with van der Waals surface area (Å²) < 4.78 is 16.2. The quantitative estimate of drug-likeness (QED) is 0.641. The van der Waals surface area contributed by atoms with Crippen LogP contribution >= 0.6 is 0 Å². The predicted octanol–water partition coefficient (Wildman–Crippen LogP) is 2.69. The van der Waals surface area contributed by atoms with E-state index in [9.17, 15) is 9.59 Å². The van der Waals surface area contributed by atoms with Crippen molar-refractivity contribution in [1.29, 1.82) is 0 Å². The highest BCUT2D eigenvalue weighted by atomic mass is 16.5. The van der Waals surface area contributed by atoms with Crippen molar-refractivity contribution < 1.29 is 23.8 Å². The van der Waals surface area contributed by atoms with Gasteiger partial charge in [-0.2, -0.15) is 0 Å². The molecule has 1 aromatic carbocycles. The predicted molar refractivity (Wildman–Crippen MR) is 122 cm³/mol. The number of fused-ring (bicyclic) bond motifs is 1. The summed E-state index contributed by atoms with van der Waals surface area (Å²) in [7, 11) is 4.69. The molecule has 8 nitrogen and oxygen atoms in total. The lowest BCUT2D eigenvalue weighted by atomic mass is 9.83. The van der Waals surface area contributed by atoms with Crippen LogP contribution in [-0.4, -0.2) is 67.1 Å². The summed E-state index contributed by atoms with van der Waals surface area (Å²) in [4.78, 5) is 33.9. The molecule has 0 aliphatic carbocycles. The van der Waals surface area contributed by atoms with E-state index in [0.717, 1.165) is 24.0 Å². The standard InChI is InChI=1S/C25H31N3O5/c1-31-21-11-18(12-22(32-2)25(21)33-3)13-24(30)27-10-8-20-19(16-27)6-7-23(29)28(20)15-17-5-4-9-26-14-17/h4-5,9,11-12,14,19-20H,6-8,10,13,15-16H2,1-3H3/t19-,20+/m1/s1. The lowest BCUT2D eigenvalue weighted by Gasteiger charge is -2.47. The van der Waals surface area contributed by atoms with Crippen LogP contribution in [0.5, 0.6) is 17.2 Å². The second-order valence-corrected chi connectivity index (χ2v) is 8.59. The molecular formula is C25H31N3O5. The molecule has 2 amide bonds. The van der Waals surface area contributed by atoms with E-state index in [1.807, 2.05) is 40.3 Å². The lowest BCUT2D eigenvalue weighted by Crippen LogP contribution is -2.56. The second kappa shape index (κ2) is 10.1. The molecule has 0 unspecified atom stereocenters. The molecule has 2 atom stereocenters. The van der Waals surface area contributed by atoms with Crippen LogP contribution in [0.2, 0.25) is 0 Å². The van der Waals surface area contributed by atoms with E-state index in [2.05, 4.69) is 4.98 Å². The number of amides is 2. The van der Waals surface area contributed by atoms with Gasteiger partial charge in [-0.15, -0.1) is 0 Å². The first-order valence-corrected chi connectivity index (χ1v) is 11.3. The topological polar surface area (TPSA) is 81.2 Å². The Morgan fingerprint density at radius 2 is 1.85 bits per heavy atom. The summed E-state index contributed by atoms with van der Waals surface area (Å²) in [5.74, 6) is 2.13. The summed E-state index contributed by atoms with van der Waals surface area (Å²) in [6.07, 6.45) is 5.94. The minimum Gasteiger partial charge on any atom is -0.493 e. The summed E-state index contributed by atoms with van der Waals surface area (Å²) in [6, 6.07) is 7.70. The largest absolute Gasteiger partial charge is 0.493 e. The Bertz CT molecular complexity index is 972. The highest BCUT2D eigenvalue weighted by molar-refractivity contribution is 5.80. The number of hydrogen-bond acceptors (Lipinski definition) is 6. The van der Waals surface area contributed by atoms with Gasteiger partial charge in [-0.25, -0.2) is 0 Å². The molecule has 176 valence electrons. The van der Waals surface area contributed by atoms with Gasteiger partial charge in [0.2, 0.25) is 17.6 Å². The Morgan fingerprint density at radius 1 is 1.09 bits per heavy atom. The summed E-state index contributed by atoms with van der Waals surface area (Å²) in [6.45, 7) is 1.89. The molecule has 3 heterocycles. The molecule has 0 N–H and O–H groups in total. The van der Waals surface area contributed by atoms with Gasteiger partial charge in [0, 0.05) is 44.5 Å². The van der Waals surface area contributed by atoms with Crippen LogP contribution in [0, 0.1) is 5.92 Å². The fraction of sp³-hybridized carbons (Fsp3) is 0.480. The monoisotopic (exact) mass is 453 g/mol. The molecule has 2 aromatic rings. The molecule has 8 heteroatoms. The van der Waals surface area contributed by atoms with Gasteiger partial charge < -0.3 is 24.0 Å². The van der Waals surface area contributed by atoms with Crippen molar-refractivity contribution in [2.45, 2.75) is 38.3 Å². The molecule has 0 saturated carbocycles. The van der Waals surface area contributed by atoms with Gasteiger partial charge in [0.15, 0.2) is 11.5 Å². The summed E-state index contributed by atoms with van der Waals surface area (Å²) in [5.41, 5.74) is 1.85. The zero-order chi connectivity index (χ0) is 23.4. The van der Waals surface area contributed by atoms with Gasteiger partial charge >= 0.3 is 0 Å². The number of hydrogen-bond donors (Lipinski definition) is 0. The molecule has 0 radical (unpaired) electrons. The Morgan fingerprint density at radius 3 is 2.48 bits per heavy atom. The number of likely N-dealkylation sites (tertiary alicyclic amines) is 2. The van der Waals surface area contributed by atoms with Crippen LogP contribution < -0.4 is 14.2 Å². The zero-order valence-corrected chi connectivity index (χ0v) is 19.5. The van der Waals surface area contributed by atoms with Crippen molar-refractivity contribution in [3.63, 3.8) is 0 Å². The molecule has 0 spiro atoms. The molecule has 2 aliphatic heterocycles. The number of aromatic nitrogens is 1. The van der Waals surface area contributed by atoms with E-state index in [1.165, 1.54) is 0 Å². The Kier molecular flexibility index (Phi) is 7.01. The molecule has 2 aliphatic rings. The van der Waals surface area contributed by atoms with Crippen LogP contribution in [-0.2, 0) is 22.6 Å². The van der Waals surface area contributed by atoms with E-state index >= 15 is 0 Å². The van der Waals surface area contributed by atoms with Gasteiger partial charge in [0.1, 0.15) is 0 Å². The third kappa shape index (κ3) is 4.89. The molecule has 2 saturated heterocycles. The van der Waals surface area contributed by atoms with Crippen LogP contribution in [0.1, 0.15) is 30.4 Å². The van der Waals surface area contributed by atoms with Crippen LogP contribution in [0.4, 0.5) is 0 Å². The van der Waals surface area contributed by atoms with E-state index in [0.29, 0.717) is 43.3 Å². The fourth-order valence-electron chi connectivity index (χ4n) is 5.00. The molecule has 2 fully saturated rings. The number of carbonyl (C=O) groups is 2. The molecular weight excluding hydrogens is 422 g/mol. The maximum absolute atomic E-state index is 13.2. The van der Waals surface area contributed by atoms with Crippen molar-refractivity contribution in [3.05, 3.63) is 47.8 Å². The minimum atomic E-state index is 0.0680. The van der Waals surface area contributed by atoms with Crippen LogP contribution in [0.3, 0.4) is 0 Å². The molecule has 1 aromatic heterocycles. The first-order valence-electron chi connectivity index (χ1n) is 11.3. The number of piperidine rings is 2. The SMILES string of the molecule is COc1cc(CC(=O)N2CC[C@H]3[C@H](CCC(=O)N3Cc3cccnc3)C2)cc(OC)c1OC. The van der Waals surface area contributed by atoms with Gasteiger partial charge in [0.25, 0.3) is 0 Å². The van der Waals surface area contributed by atoms with E-state index in [1.54, 1.807) is 27.5 Å². The maximum Gasteiger partial charge on any atom is 0.227 e. The Hall–Kier alpha value is -3.29. The first-order chi connectivity index (χ1) is 16.0. The minimum absolute atomic E-state index is 0.0680. The second-order valence-electron chi connectivity index (χ2n) is 8.59. The van der Waals surface area contributed by atoms with Crippen LogP contribution in [0.15, 0.2) is 36.7 Å². The van der Waals surface area contributed by atoms with Gasteiger partial charge in [-0.3, -0.25) is 14.6 Å². The normalized spacial score (nSPS) is 20.3. The highest BCUT2D eigenvalue weighted by Gasteiger charge is 2.40. The number of carbonyl (C=O) groups excluding carboxylic acids is 2. The highest BCUT2D eigenvalue weighted by Crippen LogP contribution is 2.38. The number of ether oxygens (including phenoxy) is 3. The van der Waals surface area contributed by atoms with E-state index in [4.69, 9.17) is 14.2 Å². The third-order valence-electron chi connectivity index (χ3n) is 6.65. The zero-order valence-electron chi connectivity index (χ0n) is 19.5. The van der Waals surface area contributed by atoms with Crippen molar-refractivity contribution in [2.24, 2.45) is 5.92 Å². The van der Waals surface area contributed by atoms with Crippen molar-refractivity contribution >= 4 is 11.8 Å². The van der Waals surface area contributed by atoms with Crippen molar-refractivity contribution in [2.75, 3.05) is 34.4 Å². The van der Waals surface area contributed by atoms with Crippen LogP contribution in [0.25, 0.3) is 0 Å². The average molecular weight is 454 g/mol. The Labute approximate surface area is 194 Å². The number of nitrogens with zero attached hydrogens (tertiary/aromatic N) is 3. The van der Waals surface area contributed by atoms with Gasteiger partial charge in [-0.1, -0.05) is 6.07 Å². The van der Waals surface area contributed by atoms with Gasteiger partial charge in [-0.05, 0) is 48.1 Å². The number of pyridine rings is 1. The Balaban J connectivity index is 1.43. The number of benzene rings is 1. The lowest BCUT2D eigenvalue weighted by molar-refractivity contribution is -0.144. The maximum atomic E-state index is 13.2. The van der Waals surface area contributed by atoms with E-state index < -0.39 is 0 Å². The number of rotatable bonds is 7. The molecule has 4 rings (SSSR count). The number of methoxy groups -OCH3 is 3. The van der Waals surface area contributed by atoms with Crippen molar-refractivity contribution in [3.8, 4) is 17.2 Å². The first kappa shape index (κ1) is 22.9. The molecule has 0 bridgehead atoms. The third-order valence-corrected chi connectivity index (χ3v) is 6.65. The fourth-order valence-corrected chi connectivity index (χ4v) is 5.00. The average Bonchev–Trinajstić information content (AvgIpc) is 2.85. The summed E-state index contributed by atoms with van der Waals surface area (Å²) in [5, 5.41) is 0. The molecule has 33 heavy (non-hydrogen) atoms. The van der Waals surface area contributed by atoms with Gasteiger partial charge in [0.05, 0.1) is 27.8 Å². The smallest absolute Gasteiger partial charge is 0.227 e. The van der Waals surface area contributed by atoms with Crippen molar-refractivity contribution in [1.82, 2.24) is 14.8 Å². The summed E-state index contributed by atoms with van der Waals surface area (Å²) >= 11 is 0.